The van der Waals surface area contributed by atoms with Gasteiger partial charge in [0.15, 0.2) is 0 Å². The molecule has 1 saturated heterocycles. The molecule has 0 unspecified atom stereocenters. The maximum atomic E-state index is 12.8. The van der Waals surface area contributed by atoms with Crippen LogP contribution in [0.1, 0.15) is 28.1 Å². The summed E-state index contributed by atoms with van der Waals surface area (Å²) in [7, 11) is 0. The van der Waals surface area contributed by atoms with Crippen LogP contribution in [-0.2, 0) is 9.59 Å². The summed E-state index contributed by atoms with van der Waals surface area (Å²) in [6.45, 7) is 8.97. The summed E-state index contributed by atoms with van der Waals surface area (Å²) < 4.78 is 1.20. The van der Waals surface area contributed by atoms with Gasteiger partial charge in [-0.25, -0.2) is 19.6 Å². The molecule has 10 nitrogen and oxygen atoms in total. The number of unbranched alkanes of at least 4 members (excludes halogenated alkanes) is 1. The van der Waals surface area contributed by atoms with E-state index in [1.54, 1.807) is 23.7 Å². The van der Waals surface area contributed by atoms with Crippen LogP contribution in [-0.4, -0.2) is 99.4 Å². The molecule has 2 aromatic rings. The minimum atomic E-state index is -1.26. The van der Waals surface area contributed by atoms with Gasteiger partial charge in [-0.05, 0) is 38.4 Å². The van der Waals surface area contributed by atoms with E-state index in [4.69, 9.17) is 10.2 Å². The molecule has 0 bridgehead atoms. The van der Waals surface area contributed by atoms with Crippen molar-refractivity contribution < 1.29 is 24.6 Å². The van der Waals surface area contributed by atoms with E-state index in [9.17, 15) is 14.4 Å². The molecule has 2 N–H and O–H groups in total. The lowest BCUT2D eigenvalue weighted by atomic mass is 10.2. The molecule has 0 saturated carbocycles. The van der Waals surface area contributed by atoms with Crippen molar-refractivity contribution in [2.75, 3.05) is 56.5 Å². The van der Waals surface area contributed by atoms with Gasteiger partial charge in [0.25, 0.3) is 5.91 Å². The molecular weight excluding hydrogens is 502 g/mol. The van der Waals surface area contributed by atoms with Gasteiger partial charge in [-0.2, -0.15) is 0 Å². The van der Waals surface area contributed by atoms with Crippen molar-refractivity contribution in [3.63, 3.8) is 0 Å². The number of piperazine rings is 1. The van der Waals surface area contributed by atoms with E-state index in [-0.39, 0.29) is 5.91 Å². The molecular formula is C24H31N5O5S2. The minimum absolute atomic E-state index is 0.223. The monoisotopic (exact) mass is 533 g/mol. The lowest BCUT2D eigenvalue weighted by Crippen LogP contribution is -2.47. The zero-order valence-electron chi connectivity index (χ0n) is 20.2. The Labute approximate surface area is 218 Å². The molecule has 4 rings (SSSR count). The summed E-state index contributed by atoms with van der Waals surface area (Å²) in [6.07, 6.45) is 6.92. The Hall–Kier alpha value is -2.96. The number of fused-ring (bicyclic) bond motifs is 1. The number of amides is 1. The van der Waals surface area contributed by atoms with Crippen LogP contribution in [0, 0.1) is 6.92 Å². The van der Waals surface area contributed by atoms with Gasteiger partial charge in [-0.3, -0.25) is 9.69 Å². The van der Waals surface area contributed by atoms with Crippen LogP contribution in [0.25, 0.3) is 0 Å². The quantitative estimate of drug-likeness (QED) is 0.386. The van der Waals surface area contributed by atoms with Crippen LogP contribution in [0.4, 0.5) is 5.95 Å². The number of thioether (sulfide) groups is 1. The molecule has 0 spiro atoms. The molecule has 0 aliphatic carbocycles. The van der Waals surface area contributed by atoms with Gasteiger partial charge in [0.05, 0.1) is 9.77 Å². The summed E-state index contributed by atoms with van der Waals surface area (Å²) in [5.41, 5.74) is 0.921. The average molecular weight is 534 g/mol. The summed E-state index contributed by atoms with van der Waals surface area (Å²) in [5.74, 6) is -0.453. The van der Waals surface area contributed by atoms with E-state index in [2.05, 4.69) is 37.7 Å². The Balaban J connectivity index is 0.000000392. The fourth-order valence-corrected chi connectivity index (χ4v) is 6.29. The van der Waals surface area contributed by atoms with Crippen molar-refractivity contribution in [1.82, 2.24) is 19.8 Å². The van der Waals surface area contributed by atoms with Crippen LogP contribution in [0.2, 0.25) is 0 Å². The molecule has 36 heavy (non-hydrogen) atoms. The van der Waals surface area contributed by atoms with Gasteiger partial charge >= 0.3 is 11.9 Å². The van der Waals surface area contributed by atoms with E-state index in [0.29, 0.717) is 12.2 Å². The molecule has 194 valence electrons. The van der Waals surface area contributed by atoms with Gasteiger partial charge in [-0.1, -0.05) is 0 Å². The first-order valence-electron chi connectivity index (χ1n) is 11.7. The topological polar surface area (TPSA) is 127 Å². The van der Waals surface area contributed by atoms with E-state index in [0.717, 1.165) is 75.9 Å². The van der Waals surface area contributed by atoms with Crippen molar-refractivity contribution in [1.29, 1.82) is 0 Å². The maximum Gasteiger partial charge on any atom is 0.328 e. The third-order valence-electron chi connectivity index (χ3n) is 5.66. The van der Waals surface area contributed by atoms with Gasteiger partial charge in [0.1, 0.15) is 0 Å². The van der Waals surface area contributed by atoms with Crippen LogP contribution >= 0.6 is 23.1 Å². The standard InChI is InChI=1S/C20H27N5OS2.C4H4O4/c1-16-15-17-18(26)24(13-14-27-19(17)28-16)8-3-2-7-23-9-11-25(12-10-23)20-21-5-4-6-22-20;5-3(6)1-2-4(7)8/h4-6,15H,2-3,7-14H2,1H3;1-2H,(H,5,6)(H,7,8). The van der Waals surface area contributed by atoms with Crippen LogP contribution in [0.5, 0.6) is 0 Å². The molecule has 2 aromatic heterocycles. The molecule has 0 radical (unpaired) electrons. The van der Waals surface area contributed by atoms with Crippen molar-refractivity contribution in [3.8, 4) is 0 Å². The number of aromatic nitrogens is 2. The molecule has 2 aliphatic heterocycles. The number of carboxylic acid groups (broad SMARTS) is 2. The number of carbonyl (C=O) groups is 3. The third kappa shape index (κ3) is 8.61. The predicted octanol–water partition coefficient (Wildman–Crippen LogP) is 2.71. The van der Waals surface area contributed by atoms with E-state index < -0.39 is 11.9 Å². The second-order valence-corrected chi connectivity index (χ2v) is 10.9. The summed E-state index contributed by atoms with van der Waals surface area (Å²) in [4.78, 5) is 48.7. The second kappa shape index (κ2) is 14.0. The van der Waals surface area contributed by atoms with E-state index in [1.807, 2.05) is 17.8 Å². The highest BCUT2D eigenvalue weighted by molar-refractivity contribution is 8.01. The van der Waals surface area contributed by atoms with Gasteiger partial charge in [0.2, 0.25) is 5.95 Å². The summed E-state index contributed by atoms with van der Waals surface area (Å²) >= 11 is 3.58. The first-order valence-corrected chi connectivity index (χ1v) is 13.5. The Bertz CT molecular complexity index is 1040. The van der Waals surface area contributed by atoms with E-state index >= 15 is 0 Å². The number of carboxylic acids is 2. The molecule has 0 aromatic carbocycles. The van der Waals surface area contributed by atoms with Crippen molar-refractivity contribution in [2.45, 2.75) is 24.0 Å². The van der Waals surface area contributed by atoms with Crippen molar-refractivity contribution in [2.24, 2.45) is 0 Å². The van der Waals surface area contributed by atoms with Crippen molar-refractivity contribution >= 4 is 46.9 Å². The molecule has 2 aliphatic rings. The number of aryl methyl sites for hydroxylation is 1. The minimum Gasteiger partial charge on any atom is -0.478 e. The largest absolute Gasteiger partial charge is 0.478 e. The zero-order valence-corrected chi connectivity index (χ0v) is 21.8. The molecule has 0 atom stereocenters. The Morgan fingerprint density at radius 3 is 2.28 bits per heavy atom. The van der Waals surface area contributed by atoms with Gasteiger partial charge < -0.3 is 20.0 Å². The summed E-state index contributed by atoms with van der Waals surface area (Å²) in [6, 6.07) is 3.91. The van der Waals surface area contributed by atoms with E-state index in [1.165, 1.54) is 9.09 Å². The maximum absolute atomic E-state index is 12.8. The smallest absolute Gasteiger partial charge is 0.328 e. The van der Waals surface area contributed by atoms with Gasteiger partial charge in [-0.15, -0.1) is 23.1 Å². The van der Waals surface area contributed by atoms with Crippen LogP contribution < -0.4 is 4.90 Å². The Morgan fingerprint density at radius 1 is 1.00 bits per heavy atom. The molecule has 1 amide bonds. The van der Waals surface area contributed by atoms with Crippen molar-refractivity contribution in [3.05, 3.63) is 47.1 Å². The Morgan fingerprint density at radius 2 is 1.64 bits per heavy atom. The van der Waals surface area contributed by atoms with Crippen LogP contribution in [0.15, 0.2) is 40.9 Å². The number of carbonyl (C=O) groups excluding carboxylic acids is 1. The first kappa shape index (κ1) is 27.6. The first-order chi connectivity index (χ1) is 17.3. The zero-order chi connectivity index (χ0) is 25.9. The molecule has 1 fully saturated rings. The molecule has 12 heteroatoms. The van der Waals surface area contributed by atoms with Crippen LogP contribution in [0.3, 0.4) is 0 Å². The number of nitrogens with zero attached hydrogens (tertiary/aromatic N) is 5. The molecule has 4 heterocycles. The Kier molecular flexibility index (Phi) is 10.7. The normalized spacial score (nSPS) is 16.3. The van der Waals surface area contributed by atoms with Gasteiger partial charge in [0, 0.05) is 74.4 Å². The number of hydrogen-bond acceptors (Lipinski definition) is 9. The third-order valence-corrected chi connectivity index (χ3v) is 7.98. The number of thiophene rings is 1. The number of aliphatic carboxylic acids is 2. The highest BCUT2D eigenvalue weighted by Crippen LogP contribution is 2.34. The number of anilines is 1. The number of hydrogen-bond donors (Lipinski definition) is 2. The fourth-order valence-electron chi connectivity index (χ4n) is 3.89. The highest BCUT2D eigenvalue weighted by Gasteiger charge is 2.24. The SMILES string of the molecule is Cc1cc2c(s1)SCCN(CCCCN1CCN(c3ncccn3)CC1)C2=O.O=C(O)C=CC(=O)O. The predicted molar refractivity (Wildman–Crippen MR) is 140 cm³/mol. The fraction of sp³-hybridized carbons (Fsp3) is 0.458. The lowest BCUT2D eigenvalue weighted by molar-refractivity contribution is -0.134. The summed E-state index contributed by atoms with van der Waals surface area (Å²) in [5, 5.41) is 15.6. The second-order valence-electron chi connectivity index (χ2n) is 8.29. The number of rotatable bonds is 8. The lowest BCUT2D eigenvalue weighted by Gasteiger charge is -2.34. The average Bonchev–Trinajstić information content (AvgIpc) is 3.18. The highest BCUT2D eigenvalue weighted by atomic mass is 32.2.